The summed E-state index contributed by atoms with van der Waals surface area (Å²) in [5.41, 5.74) is 0.312. The van der Waals surface area contributed by atoms with Crippen molar-refractivity contribution in [1.82, 2.24) is 9.38 Å². The standard InChI is InChI=1S/C14H12N4O4S/c1-8-6-17-7-11(16-14(17)23-8)13(19)15-10-5-9(18(20)21)3-4-12(10)22-2/h3-7H,1-2H3,(H,15,19). The Bertz CT molecular complexity index is 883. The molecule has 23 heavy (non-hydrogen) atoms. The summed E-state index contributed by atoms with van der Waals surface area (Å²) >= 11 is 1.47. The number of methoxy groups -OCH3 is 1. The number of amides is 1. The Morgan fingerprint density at radius 3 is 2.87 bits per heavy atom. The van der Waals surface area contributed by atoms with Crippen molar-refractivity contribution in [3.05, 3.63) is 51.3 Å². The first kappa shape index (κ1) is 15.0. The van der Waals surface area contributed by atoms with Crippen LogP contribution in [0.3, 0.4) is 0 Å². The Labute approximate surface area is 134 Å². The van der Waals surface area contributed by atoms with Crippen molar-refractivity contribution in [2.45, 2.75) is 6.92 Å². The van der Waals surface area contributed by atoms with Crippen molar-refractivity contribution in [1.29, 1.82) is 0 Å². The predicted molar refractivity (Wildman–Crippen MR) is 85.4 cm³/mol. The van der Waals surface area contributed by atoms with Gasteiger partial charge in [-0.15, -0.1) is 11.3 Å². The highest BCUT2D eigenvalue weighted by atomic mass is 32.1. The first-order valence-corrected chi connectivity index (χ1v) is 7.38. The second-order valence-corrected chi connectivity index (χ2v) is 5.97. The largest absolute Gasteiger partial charge is 0.495 e. The van der Waals surface area contributed by atoms with Crippen molar-refractivity contribution in [3.63, 3.8) is 0 Å². The maximum Gasteiger partial charge on any atom is 0.276 e. The van der Waals surface area contributed by atoms with E-state index < -0.39 is 10.8 Å². The molecule has 3 aromatic rings. The van der Waals surface area contributed by atoms with Gasteiger partial charge in [-0.25, -0.2) is 4.98 Å². The summed E-state index contributed by atoms with van der Waals surface area (Å²) in [4.78, 5) is 28.7. The van der Waals surface area contributed by atoms with Gasteiger partial charge in [0.15, 0.2) is 4.96 Å². The summed E-state index contributed by atoms with van der Waals surface area (Å²) in [5, 5.41) is 13.5. The molecule has 1 amide bonds. The number of imidazole rings is 1. The fraction of sp³-hybridized carbons (Fsp3) is 0.143. The van der Waals surface area contributed by atoms with Crippen LogP contribution in [0.4, 0.5) is 11.4 Å². The Morgan fingerprint density at radius 1 is 1.43 bits per heavy atom. The molecule has 118 valence electrons. The Morgan fingerprint density at radius 2 is 2.22 bits per heavy atom. The molecule has 2 aromatic heterocycles. The summed E-state index contributed by atoms with van der Waals surface area (Å²) < 4.78 is 6.88. The number of aromatic nitrogens is 2. The fourth-order valence-corrected chi connectivity index (χ4v) is 2.92. The molecule has 0 unspecified atom stereocenters. The van der Waals surface area contributed by atoms with Gasteiger partial charge >= 0.3 is 0 Å². The number of carbonyl (C=O) groups is 1. The number of carbonyl (C=O) groups excluding carboxylic acids is 1. The van der Waals surface area contributed by atoms with E-state index in [1.165, 1.54) is 36.6 Å². The first-order chi connectivity index (χ1) is 11.0. The highest BCUT2D eigenvalue weighted by molar-refractivity contribution is 7.17. The minimum atomic E-state index is -0.537. The summed E-state index contributed by atoms with van der Waals surface area (Å²) in [5.74, 6) is -0.127. The smallest absolute Gasteiger partial charge is 0.276 e. The molecule has 0 atom stereocenters. The van der Waals surface area contributed by atoms with E-state index in [9.17, 15) is 14.9 Å². The van der Waals surface area contributed by atoms with E-state index in [4.69, 9.17) is 4.74 Å². The van der Waals surface area contributed by atoms with Crippen LogP contribution in [0.5, 0.6) is 5.75 Å². The summed E-state index contributed by atoms with van der Waals surface area (Å²) in [6.07, 6.45) is 3.48. The number of nitrogens with zero attached hydrogens (tertiary/aromatic N) is 3. The van der Waals surface area contributed by atoms with E-state index in [1.807, 2.05) is 13.1 Å². The molecule has 8 nitrogen and oxygen atoms in total. The number of benzene rings is 1. The predicted octanol–water partition coefficient (Wildman–Crippen LogP) is 2.87. The second-order valence-electron chi connectivity index (χ2n) is 4.75. The van der Waals surface area contributed by atoms with E-state index in [1.54, 1.807) is 10.6 Å². The zero-order valence-corrected chi connectivity index (χ0v) is 13.1. The van der Waals surface area contributed by atoms with Crippen LogP contribution in [0, 0.1) is 17.0 Å². The molecule has 2 heterocycles. The maximum atomic E-state index is 12.3. The van der Waals surface area contributed by atoms with E-state index >= 15 is 0 Å². The molecule has 1 aromatic carbocycles. The summed E-state index contributed by atoms with van der Waals surface area (Å²) in [7, 11) is 1.42. The van der Waals surface area contributed by atoms with Gasteiger partial charge in [-0.3, -0.25) is 19.3 Å². The van der Waals surface area contributed by atoms with Gasteiger partial charge in [-0.1, -0.05) is 0 Å². The summed E-state index contributed by atoms with van der Waals surface area (Å²) in [6.45, 7) is 1.95. The molecule has 3 rings (SSSR count). The van der Waals surface area contributed by atoms with Gasteiger partial charge in [0.2, 0.25) is 0 Å². The number of anilines is 1. The molecule has 9 heteroatoms. The first-order valence-electron chi connectivity index (χ1n) is 6.57. The highest BCUT2D eigenvalue weighted by Crippen LogP contribution is 2.29. The molecule has 0 aliphatic heterocycles. The number of thiazole rings is 1. The zero-order valence-electron chi connectivity index (χ0n) is 12.3. The molecule has 1 N–H and O–H groups in total. The SMILES string of the molecule is COc1ccc([N+](=O)[O-])cc1NC(=O)c1cn2cc(C)sc2n1. The molecular formula is C14H12N4O4S. The summed E-state index contributed by atoms with van der Waals surface area (Å²) in [6, 6.07) is 3.99. The van der Waals surface area contributed by atoms with Gasteiger partial charge in [0.05, 0.1) is 17.7 Å². The van der Waals surface area contributed by atoms with Crippen LogP contribution in [0.2, 0.25) is 0 Å². The van der Waals surface area contributed by atoms with E-state index in [0.29, 0.717) is 10.7 Å². The van der Waals surface area contributed by atoms with Crippen LogP contribution in [-0.4, -0.2) is 27.3 Å². The lowest BCUT2D eigenvalue weighted by Crippen LogP contribution is -2.13. The third kappa shape index (κ3) is 2.86. The van der Waals surface area contributed by atoms with Crippen molar-refractivity contribution in [3.8, 4) is 5.75 Å². The Hall–Kier alpha value is -2.94. The lowest BCUT2D eigenvalue weighted by Gasteiger charge is -2.08. The van der Waals surface area contributed by atoms with E-state index in [2.05, 4.69) is 10.3 Å². The highest BCUT2D eigenvalue weighted by Gasteiger charge is 2.17. The van der Waals surface area contributed by atoms with Crippen LogP contribution in [0.1, 0.15) is 15.4 Å². The number of nitro benzene ring substituents is 1. The van der Waals surface area contributed by atoms with Gasteiger partial charge in [-0.05, 0) is 13.0 Å². The molecule has 0 saturated heterocycles. The topological polar surface area (TPSA) is 98.8 Å². The van der Waals surface area contributed by atoms with Gasteiger partial charge < -0.3 is 10.1 Å². The molecular weight excluding hydrogens is 320 g/mol. The van der Waals surface area contributed by atoms with Crippen molar-refractivity contribution in [2.75, 3.05) is 12.4 Å². The zero-order chi connectivity index (χ0) is 16.6. The number of nitro groups is 1. The molecule has 0 fully saturated rings. The monoisotopic (exact) mass is 332 g/mol. The second kappa shape index (κ2) is 5.69. The van der Waals surface area contributed by atoms with E-state index in [-0.39, 0.29) is 17.1 Å². The van der Waals surface area contributed by atoms with Gasteiger partial charge in [0, 0.05) is 29.4 Å². The normalized spacial score (nSPS) is 10.7. The van der Waals surface area contributed by atoms with Gasteiger partial charge in [0.1, 0.15) is 11.4 Å². The molecule has 0 bridgehead atoms. The van der Waals surface area contributed by atoms with Crippen molar-refractivity contribution in [2.24, 2.45) is 0 Å². The number of fused-ring (bicyclic) bond motifs is 1. The number of nitrogens with one attached hydrogen (secondary N) is 1. The van der Waals surface area contributed by atoms with Crippen LogP contribution >= 0.6 is 11.3 Å². The van der Waals surface area contributed by atoms with Gasteiger partial charge in [-0.2, -0.15) is 0 Å². The van der Waals surface area contributed by atoms with Crippen molar-refractivity contribution < 1.29 is 14.5 Å². The maximum absolute atomic E-state index is 12.3. The molecule has 0 saturated carbocycles. The number of non-ortho nitro benzene ring substituents is 1. The average Bonchev–Trinajstić information content (AvgIpc) is 3.04. The lowest BCUT2D eigenvalue weighted by molar-refractivity contribution is -0.384. The van der Waals surface area contributed by atoms with Crippen molar-refractivity contribution >= 4 is 33.6 Å². The quantitative estimate of drug-likeness (QED) is 0.585. The third-order valence-electron chi connectivity index (χ3n) is 3.15. The fourth-order valence-electron chi connectivity index (χ4n) is 2.11. The van der Waals surface area contributed by atoms with E-state index in [0.717, 1.165) is 4.88 Å². The molecule has 0 aliphatic carbocycles. The van der Waals surface area contributed by atoms with Crippen LogP contribution in [-0.2, 0) is 0 Å². The number of ether oxygens (including phenoxy) is 1. The number of hydrogen-bond donors (Lipinski definition) is 1. The lowest BCUT2D eigenvalue weighted by atomic mass is 10.2. The Balaban J connectivity index is 1.90. The number of hydrogen-bond acceptors (Lipinski definition) is 6. The number of aryl methyl sites for hydroxylation is 1. The minimum absolute atomic E-state index is 0.137. The number of rotatable bonds is 4. The molecule has 0 aliphatic rings. The van der Waals surface area contributed by atoms with Gasteiger partial charge in [0.25, 0.3) is 11.6 Å². The molecule has 0 spiro atoms. The van der Waals surface area contributed by atoms with Crippen LogP contribution in [0.15, 0.2) is 30.6 Å². The van der Waals surface area contributed by atoms with Crippen LogP contribution < -0.4 is 10.1 Å². The third-order valence-corrected chi connectivity index (χ3v) is 4.06. The van der Waals surface area contributed by atoms with Crippen LogP contribution in [0.25, 0.3) is 4.96 Å². The minimum Gasteiger partial charge on any atom is -0.495 e. The average molecular weight is 332 g/mol. The molecule has 0 radical (unpaired) electrons. The Kier molecular flexibility index (Phi) is 3.70.